The van der Waals surface area contributed by atoms with Crippen molar-refractivity contribution in [2.45, 2.75) is 6.17 Å². The minimum atomic E-state index is -0.440. The molecular formula is C8H7ClN4O. The lowest BCUT2D eigenvalue weighted by Crippen LogP contribution is -2.27. The standard InChI is InChI=1S/C8H7ClN4O/c9-4-6(14)11-8-5-2-1-3-10-7(5)12-13-8/h1-3,8H,4H2,(H,11,14). The first-order valence-corrected chi connectivity index (χ1v) is 4.56. The van der Waals surface area contributed by atoms with Crippen LogP contribution in [0.4, 0.5) is 5.82 Å². The Bertz CT molecular complexity index is 393. The third-order valence-electron chi connectivity index (χ3n) is 1.80. The minimum Gasteiger partial charge on any atom is -0.328 e. The Labute approximate surface area is 85.2 Å². The number of hydrogen-bond acceptors (Lipinski definition) is 4. The lowest BCUT2D eigenvalue weighted by Gasteiger charge is -2.07. The second kappa shape index (κ2) is 3.71. The highest BCUT2D eigenvalue weighted by atomic mass is 35.5. The van der Waals surface area contributed by atoms with E-state index in [1.165, 1.54) is 0 Å². The van der Waals surface area contributed by atoms with Crippen molar-refractivity contribution in [3.8, 4) is 0 Å². The smallest absolute Gasteiger partial charge is 0.236 e. The van der Waals surface area contributed by atoms with E-state index in [-0.39, 0.29) is 11.8 Å². The predicted molar refractivity (Wildman–Crippen MR) is 50.4 cm³/mol. The Morgan fingerprint density at radius 3 is 3.29 bits per heavy atom. The summed E-state index contributed by atoms with van der Waals surface area (Å²) in [5, 5.41) is 10.3. The maximum Gasteiger partial charge on any atom is 0.236 e. The number of halogens is 1. The quantitative estimate of drug-likeness (QED) is 0.753. The van der Waals surface area contributed by atoms with E-state index in [0.717, 1.165) is 5.56 Å². The maximum absolute atomic E-state index is 11.0. The molecule has 0 radical (unpaired) electrons. The van der Waals surface area contributed by atoms with Gasteiger partial charge in [0, 0.05) is 11.8 Å². The summed E-state index contributed by atoms with van der Waals surface area (Å²) in [6.45, 7) is 0. The molecule has 0 aromatic carbocycles. The van der Waals surface area contributed by atoms with Crippen LogP contribution in [0.3, 0.4) is 0 Å². The van der Waals surface area contributed by atoms with Gasteiger partial charge in [0.15, 0.2) is 12.0 Å². The molecule has 2 heterocycles. The summed E-state index contributed by atoms with van der Waals surface area (Å²) in [4.78, 5) is 15.0. The fourth-order valence-corrected chi connectivity index (χ4v) is 1.26. The molecule has 0 bridgehead atoms. The van der Waals surface area contributed by atoms with E-state index in [1.54, 1.807) is 12.3 Å². The number of hydrogen-bond donors (Lipinski definition) is 1. The molecule has 5 nitrogen and oxygen atoms in total. The van der Waals surface area contributed by atoms with E-state index in [4.69, 9.17) is 11.6 Å². The molecule has 0 spiro atoms. The van der Waals surface area contributed by atoms with Crippen LogP contribution < -0.4 is 5.32 Å². The zero-order valence-electron chi connectivity index (χ0n) is 7.14. The molecule has 1 aliphatic rings. The van der Waals surface area contributed by atoms with Gasteiger partial charge >= 0.3 is 0 Å². The van der Waals surface area contributed by atoms with Gasteiger partial charge in [0.2, 0.25) is 5.91 Å². The second-order valence-corrected chi connectivity index (χ2v) is 3.00. The van der Waals surface area contributed by atoms with Crippen LogP contribution in [0.5, 0.6) is 0 Å². The largest absolute Gasteiger partial charge is 0.328 e. The van der Waals surface area contributed by atoms with Crippen molar-refractivity contribution in [2.75, 3.05) is 5.88 Å². The number of carbonyl (C=O) groups excluding carboxylic acids is 1. The normalized spacial score (nSPS) is 17.9. The molecule has 6 heteroatoms. The number of nitrogens with one attached hydrogen (secondary N) is 1. The SMILES string of the molecule is O=C(CCl)NC1N=Nc2ncccc21. The number of nitrogens with zero attached hydrogens (tertiary/aromatic N) is 3. The Kier molecular flexibility index (Phi) is 2.41. The van der Waals surface area contributed by atoms with Crippen molar-refractivity contribution in [3.05, 3.63) is 23.9 Å². The maximum atomic E-state index is 11.0. The molecule has 0 saturated heterocycles. The molecule has 1 aromatic heterocycles. The van der Waals surface area contributed by atoms with Crippen molar-refractivity contribution in [1.82, 2.24) is 10.3 Å². The first kappa shape index (κ1) is 9.08. The van der Waals surface area contributed by atoms with Crippen LogP contribution in [-0.2, 0) is 4.79 Å². The van der Waals surface area contributed by atoms with Gasteiger partial charge in [-0.05, 0) is 12.1 Å². The lowest BCUT2D eigenvalue weighted by molar-refractivity contribution is -0.119. The van der Waals surface area contributed by atoms with Crippen LogP contribution in [0.2, 0.25) is 0 Å². The van der Waals surface area contributed by atoms with Gasteiger partial charge in [-0.3, -0.25) is 4.79 Å². The molecule has 14 heavy (non-hydrogen) atoms. The Balaban J connectivity index is 2.18. The number of azo groups is 1. The van der Waals surface area contributed by atoms with E-state index >= 15 is 0 Å². The van der Waals surface area contributed by atoms with Gasteiger partial charge in [-0.25, -0.2) is 4.98 Å². The zero-order chi connectivity index (χ0) is 9.97. The first-order chi connectivity index (χ1) is 6.81. The topological polar surface area (TPSA) is 66.7 Å². The summed E-state index contributed by atoms with van der Waals surface area (Å²) in [7, 11) is 0. The highest BCUT2D eigenvalue weighted by Gasteiger charge is 2.22. The Morgan fingerprint density at radius 1 is 1.64 bits per heavy atom. The molecular weight excluding hydrogens is 204 g/mol. The molecule has 1 amide bonds. The number of aromatic nitrogens is 1. The molecule has 1 atom stereocenters. The number of pyridine rings is 1. The summed E-state index contributed by atoms with van der Waals surface area (Å²) in [6.07, 6.45) is 1.19. The van der Waals surface area contributed by atoms with Gasteiger partial charge < -0.3 is 5.32 Å². The molecule has 72 valence electrons. The molecule has 0 saturated carbocycles. The van der Waals surface area contributed by atoms with Crippen molar-refractivity contribution in [2.24, 2.45) is 10.2 Å². The molecule has 1 N–H and O–H groups in total. The molecule has 1 aliphatic heterocycles. The highest BCUT2D eigenvalue weighted by Crippen LogP contribution is 2.31. The number of carbonyl (C=O) groups is 1. The predicted octanol–water partition coefficient (Wildman–Crippen LogP) is 1.53. The molecule has 1 aromatic rings. The van der Waals surface area contributed by atoms with E-state index < -0.39 is 6.17 Å². The van der Waals surface area contributed by atoms with Crippen molar-refractivity contribution in [3.63, 3.8) is 0 Å². The second-order valence-electron chi connectivity index (χ2n) is 2.74. The number of fused-ring (bicyclic) bond motifs is 1. The minimum absolute atomic E-state index is 0.0817. The third-order valence-corrected chi connectivity index (χ3v) is 2.04. The molecule has 2 rings (SSSR count). The van der Waals surface area contributed by atoms with Gasteiger partial charge in [0.05, 0.1) is 0 Å². The number of amides is 1. The van der Waals surface area contributed by atoms with E-state index in [0.29, 0.717) is 5.82 Å². The summed E-state index contributed by atoms with van der Waals surface area (Å²) in [6, 6.07) is 3.59. The number of alkyl halides is 1. The van der Waals surface area contributed by atoms with Crippen molar-refractivity contribution >= 4 is 23.3 Å². The van der Waals surface area contributed by atoms with Crippen LogP contribution in [0.1, 0.15) is 11.7 Å². The van der Waals surface area contributed by atoms with Crippen LogP contribution in [-0.4, -0.2) is 16.8 Å². The lowest BCUT2D eigenvalue weighted by atomic mass is 10.2. The summed E-state index contributed by atoms with van der Waals surface area (Å²) >= 11 is 5.36. The number of rotatable bonds is 2. The third kappa shape index (κ3) is 1.58. The van der Waals surface area contributed by atoms with Crippen molar-refractivity contribution < 1.29 is 4.79 Å². The van der Waals surface area contributed by atoms with Gasteiger partial charge in [0.25, 0.3) is 0 Å². The Hall–Kier alpha value is -1.49. The van der Waals surface area contributed by atoms with Gasteiger partial charge in [0.1, 0.15) is 5.88 Å². The molecule has 0 fully saturated rings. The van der Waals surface area contributed by atoms with E-state index in [9.17, 15) is 4.79 Å². The summed E-state index contributed by atoms with van der Waals surface area (Å²) in [5.41, 5.74) is 0.797. The molecule has 0 aliphatic carbocycles. The summed E-state index contributed by atoms with van der Waals surface area (Å²) in [5.74, 6) is 0.196. The van der Waals surface area contributed by atoms with Gasteiger partial charge in [-0.15, -0.1) is 16.7 Å². The monoisotopic (exact) mass is 210 g/mol. The van der Waals surface area contributed by atoms with Crippen LogP contribution in [0.25, 0.3) is 0 Å². The van der Waals surface area contributed by atoms with Crippen molar-refractivity contribution in [1.29, 1.82) is 0 Å². The zero-order valence-corrected chi connectivity index (χ0v) is 7.90. The Morgan fingerprint density at radius 2 is 2.50 bits per heavy atom. The molecule has 1 unspecified atom stereocenters. The van der Waals surface area contributed by atoms with Crippen LogP contribution in [0, 0.1) is 0 Å². The van der Waals surface area contributed by atoms with E-state index in [2.05, 4.69) is 20.5 Å². The summed E-state index contributed by atoms with van der Waals surface area (Å²) < 4.78 is 0. The first-order valence-electron chi connectivity index (χ1n) is 4.02. The van der Waals surface area contributed by atoms with Gasteiger partial charge in [-0.2, -0.15) is 5.11 Å². The average Bonchev–Trinajstić information content (AvgIpc) is 2.62. The van der Waals surface area contributed by atoms with E-state index in [1.807, 2.05) is 6.07 Å². The van der Waals surface area contributed by atoms with Gasteiger partial charge in [-0.1, -0.05) is 0 Å². The highest BCUT2D eigenvalue weighted by molar-refractivity contribution is 6.27. The van der Waals surface area contributed by atoms with Crippen LogP contribution in [0.15, 0.2) is 28.6 Å². The fourth-order valence-electron chi connectivity index (χ4n) is 1.18. The fraction of sp³-hybridized carbons (Fsp3) is 0.250. The van der Waals surface area contributed by atoms with Crippen LogP contribution >= 0.6 is 11.6 Å². The average molecular weight is 211 g/mol.